The zero-order valence-corrected chi connectivity index (χ0v) is 15.4. The van der Waals surface area contributed by atoms with Crippen molar-refractivity contribution >= 4 is 37.1 Å². The van der Waals surface area contributed by atoms with E-state index in [2.05, 4.69) is 36.3 Å². The van der Waals surface area contributed by atoms with Crippen LogP contribution in [-0.4, -0.2) is 43.4 Å². The van der Waals surface area contributed by atoms with E-state index in [-0.39, 0.29) is 18.2 Å². The molecule has 6 nitrogen and oxygen atoms in total. The first-order valence-electron chi connectivity index (χ1n) is 7.47. The summed E-state index contributed by atoms with van der Waals surface area (Å²) in [7, 11) is 1.53. The van der Waals surface area contributed by atoms with Crippen molar-refractivity contribution in [3.05, 3.63) is 30.1 Å². The standard InChI is InChI=1S/C16H18N4O2S2/c1-14(9-17)8-16(24)13(22)19(3)15(2,23)12(21)20(16)11(14)10-5-4-6-18-7-10/h4-7,11,23-24H,8H2,1-3H3/t11-,14+,15+,16-/m0/s1. The van der Waals surface area contributed by atoms with E-state index in [0.29, 0.717) is 5.56 Å². The number of hydrogen-bond donors (Lipinski definition) is 2. The molecule has 3 heterocycles. The van der Waals surface area contributed by atoms with Gasteiger partial charge in [-0.3, -0.25) is 14.6 Å². The first-order valence-corrected chi connectivity index (χ1v) is 8.37. The molecule has 8 heteroatoms. The van der Waals surface area contributed by atoms with Crippen molar-refractivity contribution in [2.75, 3.05) is 7.05 Å². The molecular weight excluding hydrogens is 344 g/mol. The highest BCUT2D eigenvalue weighted by atomic mass is 32.1. The van der Waals surface area contributed by atoms with E-state index in [0.717, 1.165) is 0 Å². The number of aromatic nitrogens is 1. The van der Waals surface area contributed by atoms with Gasteiger partial charge in [0, 0.05) is 25.9 Å². The van der Waals surface area contributed by atoms with Gasteiger partial charge in [0.2, 0.25) is 0 Å². The summed E-state index contributed by atoms with van der Waals surface area (Å²) < 4.78 is 0. The summed E-state index contributed by atoms with van der Waals surface area (Å²) in [5.74, 6) is -0.688. The molecule has 0 radical (unpaired) electrons. The van der Waals surface area contributed by atoms with Crippen molar-refractivity contribution in [1.29, 1.82) is 5.26 Å². The van der Waals surface area contributed by atoms with Crippen LogP contribution in [0.15, 0.2) is 24.5 Å². The number of nitrogens with zero attached hydrogens (tertiary/aromatic N) is 4. The second-order valence-corrected chi connectivity index (χ2v) is 8.38. The fourth-order valence-corrected chi connectivity index (χ4v) is 4.53. The molecule has 2 aliphatic rings. The molecular formula is C16H18N4O2S2. The molecule has 0 aromatic carbocycles. The minimum Gasteiger partial charge on any atom is -0.320 e. The van der Waals surface area contributed by atoms with E-state index in [9.17, 15) is 14.9 Å². The number of hydrogen-bond acceptors (Lipinski definition) is 6. The van der Waals surface area contributed by atoms with Crippen molar-refractivity contribution in [2.24, 2.45) is 5.41 Å². The van der Waals surface area contributed by atoms with E-state index >= 15 is 0 Å². The molecule has 3 rings (SSSR count). The van der Waals surface area contributed by atoms with Gasteiger partial charge in [-0.15, -0.1) is 25.3 Å². The lowest BCUT2D eigenvalue weighted by atomic mass is 9.80. The Hall–Kier alpha value is -1.72. The van der Waals surface area contributed by atoms with Gasteiger partial charge < -0.3 is 9.80 Å². The molecule has 2 saturated heterocycles. The number of carbonyl (C=O) groups is 2. The SMILES string of the molecule is CN1C(=O)[C@@]2(S)C[C@](C)(C#N)[C@H](c3cccnc3)N2C(=O)[C@@]1(C)S. The maximum atomic E-state index is 13.2. The van der Waals surface area contributed by atoms with Crippen molar-refractivity contribution < 1.29 is 9.59 Å². The largest absolute Gasteiger partial charge is 0.320 e. The normalized spacial score (nSPS) is 38.9. The fourth-order valence-electron chi connectivity index (χ4n) is 3.65. The molecule has 24 heavy (non-hydrogen) atoms. The van der Waals surface area contributed by atoms with Crippen LogP contribution in [0, 0.1) is 16.7 Å². The van der Waals surface area contributed by atoms with E-state index in [1.807, 2.05) is 0 Å². The summed E-state index contributed by atoms with van der Waals surface area (Å²) in [6.07, 6.45) is 3.37. The van der Waals surface area contributed by atoms with Gasteiger partial charge in [-0.2, -0.15) is 5.26 Å². The molecule has 0 saturated carbocycles. The molecule has 0 unspecified atom stereocenters. The minimum absolute atomic E-state index is 0.137. The summed E-state index contributed by atoms with van der Waals surface area (Å²) in [4.78, 5) is 30.2. The summed E-state index contributed by atoms with van der Waals surface area (Å²) in [6.45, 7) is 3.32. The molecule has 0 spiro atoms. The third kappa shape index (κ3) is 2.01. The van der Waals surface area contributed by atoms with Crippen LogP contribution in [0.5, 0.6) is 0 Å². The molecule has 0 bridgehead atoms. The van der Waals surface area contributed by atoms with Crippen LogP contribution in [0.1, 0.15) is 31.9 Å². The van der Waals surface area contributed by atoms with Crippen LogP contribution in [0.25, 0.3) is 0 Å². The number of carbonyl (C=O) groups excluding carboxylic acids is 2. The lowest BCUT2D eigenvalue weighted by molar-refractivity contribution is -0.163. The predicted octanol–water partition coefficient (Wildman–Crippen LogP) is 1.63. The van der Waals surface area contributed by atoms with Crippen molar-refractivity contribution in [3.8, 4) is 6.07 Å². The lowest BCUT2D eigenvalue weighted by Gasteiger charge is -2.50. The van der Waals surface area contributed by atoms with Crippen LogP contribution in [0.4, 0.5) is 0 Å². The van der Waals surface area contributed by atoms with Crippen molar-refractivity contribution in [3.63, 3.8) is 0 Å². The minimum atomic E-state index is -1.38. The molecule has 126 valence electrons. The number of amides is 2. The van der Waals surface area contributed by atoms with Gasteiger partial charge in [0.1, 0.15) is 0 Å². The predicted molar refractivity (Wildman–Crippen MR) is 94.0 cm³/mol. The third-order valence-electron chi connectivity index (χ3n) is 5.05. The van der Waals surface area contributed by atoms with Crippen LogP contribution >= 0.6 is 25.3 Å². The van der Waals surface area contributed by atoms with E-state index in [1.165, 1.54) is 16.8 Å². The Kier molecular flexibility index (Phi) is 3.66. The van der Waals surface area contributed by atoms with Gasteiger partial charge in [-0.1, -0.05) is 6.07 Å². The van der Waals surface area contributed by atoms with Crippen LogP contribution in [0.3, 0.4) is 0 Å². The highest BCUT2D eigenvalue weighted by Gasteiger charge is 2.68. The number of piperazine rings is 1. The number of thiol groups is 2. The lowest BCUT2D eigenvalue weighted by Crippen LogP contribution is -2.69. The first kappa shape index (κ1) is 17.1. The Morgan fingerprint density at radius 2 is 2.00 bits per heavy atom. The monoisotopic (exact) mass is 362 g/mol. The van der Waals surface area contributed by atoms with Gasteiger partial charge in [-0.25, -0.2) is 0 Å². The van der Waals surface area contributed by atoms with Crippen LogP contribution in [0.2, 0.25) is 0 Å². The Morgan fingerprint density at radius 1 is 1.33 bits per heavy atom. The average Bonchev–Trinajstić information content (AvgIpc) is 2.81. The molecule has 1 aromatic heterocycles. The number of rotatable bonds is 1. The van der Waals surface area contributed by atoms with Gasteiger partial charge in [0.05, 0.1) is 17.5 Å². The number of likely N-dealkylation sites (N-methyl/N-ethyl adjacent to an activating group) is 1. The van der Waals surface area contributed by atoms with Gasteiger partial charge >= 0.3 is 0 Å². The molecule has 2 aliphatic heterocycles. The van der Waals surface area contributed by atoms with Crippen molar-refractivity contribution in [2.45, 2.75) is 36.1 Å². The average molecular weight is 362 g/mol. The summed E-state index contributed by atoms with van der Waals surface area (Å²) in [5.41, 5.74) is -0.266. The molecule has 1 aromatic rings. The second kappa shape index (κ2) is 5.14. The van der Waals surface area contributed by atoms with E-state index in [4.69, 9.17) is 0 Å². The highest BCUT2D eigenvalue weighted by Crippen LogP contribution is 2.59. The highest BCUT2D eigenvalue weighted by molar-refractivity contribution is 7.83. The Balaban J connectivity index is 2.24. The maximum absolute atomic E-state index is 13.2. The molecule has 2 amide bonds. The summed E-state index contributed by atoms with van der Waals surface area (Å²) >= 11 is 8.99. The number of pyridine rings is 1. The molecule has 0 aliphatic carbocycles. The Labute approximate surface area is 151 Å². The van der Waals surface area contributed by atoms with Gasteiger partial charge in [-0.05, 0) is 25.5 Å². The summed E-state index contributed by atoms with van der Waals surface area (Å²) in [5, 5.41) is 9.80. The van der Waals surface area contributed by atoms with Crippen LogP contribution in [-0.2, 0) is 9.59 Å². The number of nitriles is 1. The van der Waals surface area contributed by atoms with Crippen LogP contribution < -0.4 is 0 Å². The van der Waals surface area contributed by atoms with Gasteiger partial charge in [0.25, 0.3) is 11.8 Å². The topological polar surface area (TPSA) is 77.3 Å². The zero-order chi connectivity index (χ0) is 17.9. The number of fused-ring (bicyclic) bond motifs is 1. The molecule has 4 atom stereocenters. The van der Waals surface area contributed by atoms with Crippen molar-refractivity contribution in [1.82, 2.24) is 14.8 Å². The Morgan fingerprint density at radius 3 is 2.54 bits per heavy atom. The molecule has 2 fully saturated rings. The quantitative estimate of drug-likeness (QED) is 0.745. The maximum Gasteiger partial charge on any atom is 0.260 e. The fraction of sp³-hybridized carbons (Fsp3) is 0.500. The first-order chi connectivity index (χ1) is 11.1. The molecule has 0 N–H and O–H groups in total. The third-order valence-corrected chi connectivity index (χ3v) is 6.11. The Bertz CT molecular complexity index is 763. The smallest absolute Gasteiger partial charge is 0.260 e. The second-order valence-electron chi connectivity index (χ2n) is 6.77. The summed E-state index contributed by atoms with van der Waals surface area (Å²) in [6, 6.07) is 5.22. The van der Waals surface area contributed by atoms with Gasteiger partial charge in [0.15, 0.2) is 9.74 Å². The zero-order valence-electron chi connectivity index (χ0n) is 13.6. The van der Waals surface area contributed by atoms with E-state index in [1.54, 1.807) is 38.4 Å². The van der Waals surface area contributed by atoms with E-state index < -0.39 is 21.2 Å².